The van der Waals surface area contributed by atoms with E-state index in [-0.39, 0.29) is 12.5 Å². The van der Waals surface area contributed by atoms with Gasteiger partial charge in [0.2, 0.25) is 5.91 Å². The molecule has 0 heterocycles. The van der Waals surface area contributed by atoms with E-state index in [0.29, 0.717) is 19.1 Å². The van der Waals surface area contributed by atoms with Gasteiger partial charge in [-0.3, -0.25) is 9.69 Å². The van der Waals surface area contributed by atoms with E-state index in [1.165, 1.54) is 12.8 Å². The number of carbonyl (C=O) groups excluding carboxylic acids is 1. The van der Waals surface area contributed by atoms with Gasteiger partial charge in [0, 0.05) is 18.2 Å². The molecule has 0 radical (unpaired) electrons. The summed E-state index contributed by atoms with van der Waals surface area (Å²) in [4.78, 5) is 13.5. The highest BCUT2D eigenvalue weighted by molar-refractivity contribution is 5.76. The van der Waals surface area contributed by atoms with Gasteiger partial charge in [0.15, 0.2) is 0 Å². The van der Waals surface area contributed by atoms with Crippen LogP contribution in [0.2, 0.25) is 0 Å². The van der Waals surface area contributed by atoms with Crippen molar-refractivity contribution in [1.82, 2.24) is 4.90 Å². The molecule has 1 fully saturated rings. The van der Waals surface area contributed by atoms with Gasteiger partial charge in [-0.2, -0.15) is 0 Å². The van der Waals surface area contributed by atoms with Crippen molar-refractivity contribution >= 4 is 5.91 Å². The van der Waals surface area contributed by atoms with E-state index in [4.69, 9.17) is 10.8 Å². The van der Waals surface area contributed by atoms with Crippen LogP contribution in [-0.2, 0) is 11.3 Å². The fourth-order valence-corrected chi connectivity index (χ4v) is 2.91. The number of aliphatic hydroxyl groups is 1. The van der Waals surface area contributed by atoms with E-state index in [1.54, 1.807) is 0 Å². The summed E-state index contributed by atoms with van der Waals surface area (Å²) in [5.41, 5.74) is 7.38. The summed E-state index contributed by atoms with van der Waals surface area (Å²) in [6.45, 7) is 0.875. The van der Waals surface area contributed by atoms with Gasteiger partial charge in [-0.15, -0.1) is 0 Å². The summed E-state index contributed by atoms with van der Waals surface area (Å²) in [7, 11) is 0. The Bertz CT molecular complexity index is 539. The predicted molar refractivity (Wildman–Crippen MR) is 82.3 cm³/mol. The van der Waals surface area contributed by atoms with E-state index in [9.17, 15) is 4.79 Å². The van der Waals surface area contributed by atoms with Crippen LogP contribution in [0, 0.1) is 11.8 Å². The van der Waals surface area contributed by atoms with Crippen LogP contribution < -0.4 is 5.73 Å². The van der Waals surface area contributed by atoms with Crippen LogP contribution in [0.3, 0.4) is 0 Å². The van der Waals surface area contributed by atoms with Gasteiger partial charge in [-0.1, -0.05) is 36.8 Å². The van der Waals surface area contributed by atoms with Crippen molar-refractivity contribution in [2.24, 2.45) is 5.73 Å². The number of nitrogens with two attached hydrogens (primary N) is 1. The molecule has 1 aliphatic rings. The van der Waals surface area contributed by atoms with E-state index >= 15 is 0 Å². The highest BCUT2D eigenvalue weighted by Gasteiger charge is 2.23. The lowest BCUT2D eigenvalue weighted by Crippen LogP contribution is -2.39. The molecule has 21 heavy (non-hydrogen) atoms. The molecule has 1 saturated carbocycles. The van der Waals surface area contributed by atoms with Crippen molar-refractivity contribution in [3.63, 3.8) is 0 Å². The first-order chi connectivity index (χ1) is 10.2. The van der Waals surface area contributed by atoms with Crippen molar-refractivity contribution in [1.29, 1.82) is 0 Å². The zero-order valence-corrected chi connectivity index (χ0v) is 12.2. The van der Waals surface area contributed by atoms with Crippen LogP contribution in [0.5, 0.6) is 0 Å². The number of hydrogen-bond donors (Lipinski definition) is 2. The summed E-state index contributed by atoms with van der Waals surface area (Å²) in [5.74, 6) is 5.28. The number of rotatable bonds is 5. The number of nitrogens with zero attached hydrogens (tertiary/aromatic N) is 1. The quantitative estimate of drug-likeness (QED) is 0.801. The third-order valence-corrected chi connectivity index (χ3v) is 3.82. The van der Waals surface area contributed by atoms with Gasteiger partial charge in [0.1, 0.15) is 6.61 Å². The number of benzene rings is 1. The monoisotopic (exact) mass is 286 g/mol. The molecule has 1 amide bonds. The van der Waals surface area contributed by atoms with E-state index in [1.807, 2.05) is 24.3 Å². The summed E-state index contributed by atoms with van der Waals surface area (Å²) >= 11 is 0. The van der Waals surface area contributed by atoms with Gasteiger partial charge in [0.05, 0.1) is 6.54 Å². The number of primary amides is 1. The second-order valence-electron chi connectivity index (χ2n) is 5.47. The Hall–Kier alpha value is -1.83. The maximum Gasteiger partial charge on any atom is 0.231 e. The Labute approximate surface area is 125 Å². The van der Waals surface area contributed by atoms with Crippen LogP contribution in [0.15, 0.2) is 24.3 Å². The maximum atomic E-state index is 11.3. The van der Waals surface area contributed by atoms with Crippen molar-refractivity contribution < 1.29 is 9.90 Å². The molecular weight excluding hydrogens is 264 g/mol. The second-order valence-corrected chi connectivity index (χ2v) is 5.47. The molecule has 1 aliphatic carbocycles. The zero-order chi connectivity index (χ0) is 15.1. The smallest absolute Gasteiger partial charge is 0.231 e. The minimum Gasteiger partial charge on any atom is -0.384 e. The molecule has 0 aromatic heterocycles. The number of hydrogen-bond acceptors (Lipinski definition) is 3. The van der Waals surface area contributed by atoms with Gasteiger partial charge in [0.25, 0.3) is 0 Å². The Morgan fingerprint density at radius 1 is 1.38 bits per heavy atom. The van der Waals surface area contributed by atoms with E-state index < -0.39 is 0 Å². The van der Waals surface area contributed by atoms with Gasteiger partial charge >= 0.3 is 0 Å². The van der Waals surface area contributed by atoms with E-state index in [0.717, 1.165) is 24.0 Å². The molecule has 0 unspecified atom stereocenters. The Balaban J connectivity index is 2.09. The predicted octanol–water partition coefficient (Wildman–Crippen LogP) is 1.26. The van der Waals surface area contributed by atoms with Gasteiger partial charge in [-0.05, 0) is 30.5 Å². The van der Waals surface area contributed by atoms with Crippen LogP contribution in [0.1, 0.15) is 36.8 Å². The lowest BCUT2D eigenvalue weighted by atomic mass is 10.1. The molecule has 1 aromatic carbocycles. The Morgan fingerprint density at radius 2 is 2.14 bits per heavy atom. The topological polar surface area (TPSA) is 66.6 Å². The maximum absolute atomic E-state index is 11.3. The Morgan fingerprint density at radius 3 is 2.81 bits per heavy atom. The van der Waals surface area contributed by atoms with Gasteiger partial charge in [-0.25, -0.2) is 0 Å². The molecule has 0 spiro atoms. The average molecular weight is 286 g/mol. The third kappa shape index (κ3) is 4.89. The minimum atomic E-state index is -0.280. The molecule has 0 saturated heterocycles. The molecule has 3 N–H and O–H groups in total. The second kappa shape index (κ2) is 7.82. The van der Waals surface area contributed by atoms with Crippen molar-refractivity contribution in [2.75, 3.05) is 13.2 Å². The standard InChI is InChI=1S/C17H22N2O2/c18-17(21)13-19(16-8-1-2-9-16)12-15-6-3-5-14(11-15)7-4-10-20/h3,5-6,11,16,20H,1-2,8-10,12-13H2,(H2,18,21). The molecule has 4 nitrogen and oxygen atoms in total. The first kappa shape index (κ1) is 15.6. The van der Waals surface area contributed by atoms with Crippen LogP contribution in [0.4, 0.5) is 0 Å². The summed E-state index contributed by atoms with van der Waals surface area (Å²) in [6, 6.07) is 8.36. The van der Waals surface area contributed by atoms with Crippen molar-refractivity contribution in [2.45, 2.75) is 38.3 Å². The lowest BCUT2D eigenvalue weighted by molar-refractivity contribution is -0.119. The van der Waals surface area contributed by atoms with Crippen LogP contribution in [0.25, 0.3) is 0 Å². The van der Waals surface area contributed by atoms with Crippen molar-refractivity contribution in [3.8, 4) is 11.8 Å². The molecular formula is C17H22N2O2. The average Bonchev–Trinajstić information content (AvgIpc) is 2.98. The number of aliphatic hydroxyl groups excluding tert-OH is 1. The first-order valence-corrected chi connectivity index (χ1v) is 7.40. The highest BCUT2D eigenvalue weighted by Crippen LogP contribution is 2.24. The van der Waals surface area contributed by atoms with Gasteiger partial charge < -0.3 is 10.8 Å². The molecule has 0 atom stereocenters. The zero-order valence-electron chi connectivity index (χ0n) is 12.2. The molecule has 0 bridgehead atoms. The largest absolute Gasteiger partial charge is 0.384 e. The molecule has 2 rings (SSSR count). The third-order valence-electron chi connectivity index (χ3n) is 3.82. The molecule has 4 heteroatoms. The van der Waals surface area contributed by atoms with Crippen molar-refractivity contribution in [3.05, 3.63) is 35.4 Å². The summed E-state index contributed by atoms with van der Waals surface area (Å²) in [5, 5.41) is 8.75. The summed E-state index contributed by atoms with van der Waals surface area (Å²) in [6.07, 6.45) is 4.72. The molecule has 112 valence electrons. The molecule has 0 aliphatic heterocycles. The Kier molecular flexibility index (Phi) is 5.79. The number of amides is 1. The van der Waals surface area contributed by atoms with Crippen LogP contribution >= 0.6 is 0 Å². The van der Waals surface area contributed by atoms with E-state index in [2.05, 4.69) is 16.7 Å². The molecule has 1 aromatic rings. The fraction of sp³-hybridized carbons (Fsp3) is 0.471. The highest BCUT2D eigenvalue weighted by atomic mass is 16.2. The normalized spacial score (nSPS) is 15.0. The number of carbonyl (C=O) groups is 1. The fourth-order valence-electron chi connectivity index (χ4n) is 2.91. The first-order valence-electron chi connectivity index (χ1n) is 7.40. The SMILES string of the molecule is NC(=O)CN(Cc1cccc(C#CCO)c1)C1CCCC1. The minimum absolute atomic E-state index is 0.139. The summed E-state index contributed by atoms with van der Waals surface area (Å²) < 4.78 is 0. The lowest BCUT2D eigenvalue weighted by Gasteiger charge is -2.27. The van der Waals surface area contributed by atoms with Crippen LogP contribution in [-0.4, -0.2) is 35.1 Å².